The normalized spacial score (nSPS) is 17.1. The predicted octanol–water partition coefficient (Wildman–Crippen LogP) is 4.52. The Morgan fingerprint density at radius 3 is 2.50 bits per heavy atom. The van der Waals surface area contributed by atoms with Crippen LogP contribution in [-0.4, -0.2) is 16.6 Å². The van der Waals surface area contributed by atoms with Crippen LogP contribution in [0.15, 0.2) is 75.0 Å². The monoisotopic (exact) mass is 340 g/mol. The maximum absolute atomic E-state index is 12.7. The Morgan fingerprint density at radius 2 is 1.83 bits per heavy atom. The standard InChI is InChI=1S/C18H13ClN2O3/c19-13-7-5-12(6-8-13)14-11-15(16-3-1-9-23-16)21(20-14)18(22)17-4-2-10-24-17/h1-10,15H,11H2/t15-/m1/s1. The Balaban J connectivity index is 1.71. The zero-order chi connectivity index (χ0) is 16.5. The van der Waals surface area contributed by atoms with Crippen LogP contribution >= 0.6 is 11.6 Å². The van der Waals surface area contributed by atoms with Crippen molar-refractivity contribution in [2.45, 2.75) is 12.5 Å². The van der Waals surface area contributed by atoms with Crippen LogP contribution in [0.3, 0.4) is 0 Å². The van der Waals surface area contributed by atoms with Crippen LogP contribution < -0.4 is 0 Å². The van der Waals surface area contributed by atoms with Crippen molar-refractivity contribution < 1.29 is 13.6 Å². The number of benzene rings is 1. The topological polar surface area (TPSA) is 59.0 Å². The number of rotatable bonds is 3. The van der Waals surface area contributed by atoms with E-state index in [9.17, 15) is 4.79 Å². The lowest BCUT2D eigenvalue weighted by molar-refractivity contribution is 0.0660. The summed E-state index contributed by atoms with van der Waals surface area (Å²) in [5.74, 6) is 0.626. The second-order valence-corrected chi connectivity index (χ2v) is 5.85. The highest BCUT2D eigenvalue weighted by Gasteiger charge is 2.36. The molecule has 5 nitrogen and oxygen atoms in total. The van der Waals surface area contributed by atoms with E-state index in [4.69, 9.17) is 20.4 Å². The van der Waals surface area contributed by atoms with Crippen molar-refractivity contribution in [1.29, 1.82) is 0 Å². The summed E-state index contributed by atoms with van der Waals surface area (Å²) in [6.07, 6.45) is 3.61. The number of carbonyl (C=O) groups excluding carboxylic acids is 1. The number of amides is 1. The lowest BCUT2D eigenvalue weighted by Gasteiger charge is -2.18. The number of nitrogens with zero attached hydrogens (tertiary/aromatic N) is 2. The average molecular weight is 341 g/mol. The fraction of sp³-hybridized carbons (Fsp3) is 0.111. The van der Waals surface area contributed by atoms with Gasteiger partial charge < -0.3 is 8.83 Å². The van der Waals surface area contributed by atoms with Crippen molar-refractivity contribution in [3.05, 3.63) is 83.2 Å². The van der Waals surface area contributed by atoms with E-state index >= 15 is 0 Å². The van der Waals surface area contributed by atoms with E-state index in [1.807, 2.05) is 18.2 Å². The van der Waals surface area contributed by atoms with E-state index in [-0.39, 0.29) is 17.7 Å². The summed E-state index contributed by atoms with van der Waals surface area (Å²) in [4.78, 5) is 12.7. The van der Waals surface area contributed by atoms with Gasteiger partial charge in [0.15, 0.2) is 5.76 Å². The molecule has 0 saturated heterocycles. The Kier molecular flexibility index (Phi) is 3.70. The predicted molar refractivity (Wildman–Crippen MR) is 88.9 cm³/mol. The molecule has 0 saturated carbocycles. The largest absolute Gasteiger partial charge is 0.467 e. The van der Waals surface area contributed by atoms with Gasteiger partial charge in [0.05, 0.1) is 18.2 Å². The smallest absolute Gasteiger partial charge is 0.310 e. The van der Waals surface area contributed by atoms with Gasteiger partial charge in [-0.1, -0.05) is 23.7 Å². The number of furan rings is 2. The minimum atomic E-state index is -0.303. The molecule has 4 rings (SSSR count). The average Bonchev–Trinajstić information content (AvgIpc) is 3.34. The molecule has 3 aromatic rings. The third-order valence-electron chi connectivity index (χ3n) is 3.90. The highest BCUT2D eigenvalue weighted by molar-refractivity contribution is 6.30. The van der Waals surface area contributed by atoms with Crippen molar-refractivity contribution in [3.63, 3.8) is 0 Å². The van der Waals surface area contributed by atoms with Gasteiger partial charge in [0.2, 0.25) is 0 Å². The van der Waals surface area contributed by atoms with E-state index in [1.54, 1.807) is 36.6 Å². The van der Waals surface area contributed by atoms with Crippen LogP contribution in [0.1, 0.15) is 34.3 Å². The van der Waals surface area contributed by atoms with Gasteiger partial charge in [-0.2, -0.15) is 5.10 Å². The SMILES string of the molecule is O=C(c1ccco1)N1N=C(c2ccc(Cl)cc2)C[C@@H]1c1ccco1. The molecule has 1 atom stereocenters. The zero-order valence-corrected chi connectivity index (χ0v) is 13.3. The van der Waals surface area contributed by atoms with Crippen LogP contribution in [0.25, 0.3) is 0 Å². The summed E-state index contributed by atoms with van der Waals surface area (Å²) in [6.45, 7) is 0. The number of halogens is 1. The summed E-state index contributed by atoms with van der Waals surface area (Å²) in [6, 6.07) is 14.0. The molecular weight excluding hydrogens is 328 g/mol. The van der Waals surface area contributed by atoms with Crippen molar-refractivity contribution >= 4 is 23.2 Å². The minimum absolute atomic E-state index is 0.243. The summed E-state index contributed by atoms with van der Waals surface area (Å²) in [7, 11) is 0. The van der Waals surface area contributed by atoms with Gasteiger partial charge in [-0.3, -0.25) is 4.79 Å². The lowest BCUT2D eigenvalue weighted by Crippen LogP contribution is -2.26. The molecule has 24 heavy (non-hydrogen) atoms. The van der Waals surface area contributed by atoms with E-state index in [0.717, 1.165) is 11.3 Å². The summed E-state index contributed by atoms with van der Waals surface area (Å²) in [5.41, 5.74) is 1.72. The van der Waals surface area contributed by atoms with Gasteiger partial charge in [0.1, 0.15) is 11.8 Å². The van der Waals surface area contributed by atoms with Crippen molar-refractivity contribution in [2.75, 3.05) is 0 Å². The van der Waals surface area contributed by atoms with Crippen LogP contribution in [-0.2, 0) is 0 Å². The van der Waals surface area contributed by atoms with E-state index in [0.29, 0.717) is 17.2 Å². The van der Waals surface area contributed by atoms with Crippen molar-refractivity contribution in [3.8, 4) is 0 Å². The van der Waals surface area contributed by atoms with Crippen LogP contribution in [0, 0.1) is 0 Å². The minimum Gasteiger partial charge on any atom is -0.467 e. The lowest BCUT2D eigenvalue weighted by atomic mass is 10.0. The zero-order valence-electron chi connectivity index (χ0n) is 12.6. The van der Waals surface area contributed by atoms with Gasteiger partial charge >= 0.3 is 5.91 Å². The molecular formula is C18H13ClN2O3. The van der Waals surface area contributed by atoms with Crippen molar-refractivity contribution in [1.82, 2.24) is 5.01 Å². The van der Waals surface area contributed by atoms with Crippen LogP contribution in [0.2, 0.25) is 5.02 Å². The highest BCUT2D eigenvalue weighted by Crippen LogP contribution is 2.34. The molecule has 120 valence electrons. The van der Waals surface area contributed by atoms with Gasteiger partial charge in [0.25, 0.3) is 0 Å². The number of hydrogen-bond acceptors (Lipinski definition) is 4. The molecule has 1 aliphatic heterocycles. The molecule has 0 fully saturated rings. The number of carbonyl (C=O) groups is 1. The fourth-order valence-electron chi connectivity index (χ4n) is 2.73. The second-order valence-electron chi connectivity index (χ2n) is 5.42. The van der Waals surface area contributed by atoms with Gasteiger partial charge in [-0.15, -0.1) is 0 Å². The van der Waals surface area contributed by atoms with Crippen LogP contribution in [0.4, 0.5) is 0 Å². The molecule has 0 spiro atoms. The first-order valence-electron chi connectivity index (χ1n) is 7.46. The summed E-state index contributed by atoms with van der Waals surface area (Å²) in [5, 5.41) is 6.59. The third kappa shape index (κ3) is 2.63. The fourth-order valence-corrected chi connectivity index (χ4v) is 2.86. The molecule has 1 aromatic carbocycles. The first-order chi connectivity index (χ1) is 11.7. The number of hydrogen-bond donors (Lipinski definition) is 0. The van der Waals surface area contributed by atoms with Gasteiger partial charge in [0, 0.05) is 11.4 Å². The third-order valence-corrected chi connectivity index (χ3v) is 4.15. The molecule has 2 aromatic heterocycles. The summed E-state index contributed by atoms with van der Waals surface area (Å²) < 4.78 is 10.7. The first kappa shape index (κ1) is 14.8. The summed E-state index contributed by atoms with van der Waals surface area (Å²) >= 11 is 5.94. The van der Waals surface area contributed by atoms with E-state index in [2.05, 4.69) is 5.10 Å². The quantitative estimate of drug-likeness (QED) is 0.704. The maximum atomic E-state index is 12.7. The van der Waals surface area contributed by atoms with E-state index < -0.39 is 0 Å². The van der Waals surface area contributed by atoms with Gasteiger partial charge in [-0.25, -0.2) is 5.01 Å². The molecule has 3 heterocycles. The molecule has 0 aliphatic carbocycles. The molecule has 0 bridgehead atoms. The molecule has 0 radical (unpaired) electrons. The Hall–Kier alpha value is -2.79. The van der Waals surface area contributed by atoms with Crippen LogP contribution in [0.5, 0.6) is 0 Å². The Bertz CT molecular complexity index is 868. The maximum Gasteiger partial charge on any atom is 0.310 e. The first-order valence-corrected chi connectivity index (χ1v) is 7.84. The van der Waals surface area contributed by atoms with Crippen molar-refractivity contribution in [2.24, 2.45) is 5.10 Å². The Morgan fingerprint density at radius 1 is 1.08 bits per heavy atom. The second kappa shape index (κ2) is 6.02. The molecule has 6 heteroatoms. The molecule has 0 N–H and O–H groups in total. The molecule has 1 amide bonds. The highest BCUT2D eigenvalue weighted by atomic mass is 35.5. The number of hydrazone groups is 1. The van der Waals surface area contributed by atoms with E-state index in [1.165, 1.54) is 11.3 Å². The molecule has 0 unspecified atom stereocenters. The molecule has 1 aliphatic rings. The Labute approximate surface area is 143 Å². The van der Waals surface area contributed by atoms with Gasteiger partial charge in [-0.05, 0) is 42.0 Å².